The van der Waals surface area contributed by atoms with Crippen LogP contribution in [0, 0.1) is 11.2 Å². The van der Waals surface area contributed by atoms with Crippen LogP contribution < -0.4 is 10.6 Å². The van der Waals surface area contributed by atoms with Gasteiger partial charge in [0.15, 0.2) is 0 Å². The Kier molecular flexibility index (Phi) is 3.92. The van der Waals surface area contributed by atoms with Crippen molar-refractivity contribution in [3.05, 3.63) is 29.6 Å². The molecule has 0 aliphatic rings. The Morgan fingerprint density at radius 1 is 1.31 bits per heavy atom. The normalized spacial score (nSPS) is 11.6. The molecule has 3 heteroatoms. The van der Waals surface area contributed by atoms with E-state index in [1.54, 1.807) is 6.07 Å². The number of rotatable bonds is 3. The summed E-state index contributed by atoms with van der Waals surface area (Å²) in [5, 5.41) is 0. The first-order chi connectivity index (χ1) is 7.33. The fourth-order valence-corrected chi connectivity index (χ4v) is 1.78. The minimum absolute atomic E-state index is 0.147. The molecule has 90 valence electrons. The van der Waals surface area contributed by atoms with Gasteiger partial charge in [-0.05, 0) is 23.1 Å². The van der Waals surface area contributed by atoms with Crippen LogP contribution in [0.4, 0.5) is 10.1 Å². The lowest BCUT2D eigenvalue weighted by Gasteiger charge is -2.28. The van der Waals surface area contributed by atoms with Gasteiger partial charge in [0.25, 0.3) is 0 Å². The number of hydrogen-bond donors (Lipinski definition) is 1. The molecular weight excluding hydrogens is 203 g/mol. The van der Waals surface area contributed by atoms with Crippen molar-refractivity contribution in [2.45, 2.75) is 27.3 Å². The van der Waals surface area contributed by atoms with Crippen LogP contribution in [0.15, 0.2) is 18.2 Å². The summed E-state index contributed by atoms with van der Waals surface area (Å²) < 4.78 is 13.8. The lowest BCUT2D eigenvalue weighted by Crippen LogP contribution is -2.29. The lowest BCUT2D eigenvalue weighted by molar-refractivity contribution is 0.417. The number of hydrogen-bond acceptors (Lipinski definition) is 2. The lowest BCUT2D eigenvalue weighted by atomic mass is 9.96. The molecule has 0 aliphatic carbocycles. The minimum Gasteiger partial charge on any atom is -0.372 e. The molecule has 1 rings (SSSR count). The second kappa shape index (κ2) is 4.83. The summed E-state index contributed by atoms with van der Waals surface area (Å²) in [5.41, 5.74) is 7.07. The molecule has 16 heavy (non-hydrogen) atoms. The highest BCUT2D eigenvalue weighted by Gasteiger charge is 2.16. The summed E-state index contributed by atoms with van der Waals surface area (Å²) in [4.78, 5) is 1.94. The summed E-state index contributed by atoms with van der Waals surface area (Å²) in [7, 11) is 1.91. The van der Waals surface area contributed by atoms with Crippen LogP contribution in [0.25, 0.3) is 0 Å². The van der Waals surface area contributed by atoms with Crippen molar-refractivity contribution in [1.29, 1.82) is 0 Å². The third-order valence-corrected chi connectivity index (χ3v) is 2.37. The Morgan fingerprint density at radius 2 is 1.94 bits per heavy atom. The summed E-state index contributed by atoms with van der Waals surface area (Å²) >= 11 is 0. The van der Waals surface area contributed by atoms with E-state index in [4.69, 9.17) is 5.73 Å². The highest BCUT2D eigenvalue weighted by molar-refractivity contribution is 5.48. The van der Waals surface area contributed by atoms with Gasteiger partial charge in [-0.2, -0.15) is 0 Å². The van der Waals surface area contributed by atoms with Crippen LogP contribution in [0.5, 0.6) is 0 Å². The molecule has 2 N–H and O–H groups in total. The van der Waals surface area contributed by atoms with Crippen LogP contribution >= 0.6 is 0 Å². The zero-order valence-corrected chi connectivity index (χ0v) is 10.5. The Morgan fingerprint density at radius 3 is 2.38 bits per heavy atom. The monoisotopic (exact) mass is 224 g/mol. The highest BCUT2D eigenvalue weighted by atomic mass is 19.1. The van der Waals surface area contributed by atoms with Crippen molar-refractivity contribution in [1.82, 2.24) is 0 Å². The molecule has 0 saturated carbocycles. The Labute approximate surface area is 97.3 Å². The molecule has 0 saturated heterocycles. The van der Waals surface area contributed by atoms with Gasteiger partial charge >= 0.3 is 0 Å². The average Bonchev–Trinajstić information content (AvgIpc) is 2.14. The van der Waals surface area contributed by atoms with E-state index < -0.39 is 0 Å². The van der Waals surface area contributed by atoms with Crippen LogP contribution in [0.1, 0.15) is 26.3 Å². The zero-order chi connectivity index (χ0) is 12.3. The molecule has 0 aliphatic heterocycles. The standard InChI is InChI=1S/C13H21FN2/c1-13(2,3)9-16(4)12-6-5-10(8-15)7-11(12)14/h5-7H,8-9,15H2,1-4H3. The predicted molar refractivity (Wildman–Crippen MR) is 67.0 cm³/mol. The fraction of sp³-hybridized carbons (Fsp3) is 0.538. The summed E-state index contributed by atoms with van der Waals surface area (Å²) in [5.74, 6) is -0.199. The van der Waals surface area contributed by atoms with Crippen molar-refractivity contribution in [2.75, 3.05) is 18.5 Å². The van der Waals surface area contributed by atoms with Gasteiger partial charge in [0.2, 0.25) is 0 Å². The van der Waals surface area contributed by atoms with E-state index in [-0.39, 0.29) is 11.2 Å². The van der Waals surface area contributed by atoms with E-state index in [9.17, 15) is 4.39 Å². The second-order valence-corrected chi connectivity index (χ2v) is 5.41. The van der Waals surface area contributed by atoms with Crippen LogP contribution in [-0.2, 0) is 6.54 Å². The Balaban J connectivity index is 2.88. The van der Waals surface area contributed by atoms with E-state index in [2.05, 4.69) is 20.8 Å². The maximum atomic E-state index is 13.8. The summed E-state index contributed by atoms with van der Waals surface area (Å²) in [6.07, 6.45) is 0. The number of nitrogens with two attached hydrogens (primary N) is 1. The van der Waals surface area contributed by atoms with E-state index >= 15 is 0 Å². The molecule has 0 amide bonds. The van der Waals surface area contributed by atoms with E-state index in [0.717, 1.165) is 12.1 Å². The molecule has 0 unspecified atom stereocenters. The quantitative estimate of drug-likeness (QED) is 0.855. The van der Waals surface area contributed by atoms with Gasteiger partial charge in [0.1, 0.15) is 5.82 Å². The maximum Gasteiger partial charge on any atom is 0.146 e. The third kappa shape index (κ3) is 3.49. The third-order valence-electron chi connectivity index (χ3n) is 2.37. The number of benzene rings is 1. The molecule has 2 nitrogen and oxygen atoms in total. The number of halogens is 1. The highest BCUT2D eigenvalue weighted by Crippen LogP contribution is 2.23. The van der Waals surface area contributed by atoms with Gasteiger partial charge in [-0.3, -0.25) is 0 Å². The molecule has 0 radical (unpaired) electrons. The van der Waals surface area contributed by atoms with Crippen molar-refractivity contribution >= 4 is 5.69 Å². The predicted octanol–water partition coefficient (Wildman–Crippen LogP) is 2.77. The van der Waals surface area contributed by atoms with Gasteiger partial charge in [-0.25, -0.2) is 4.39 Å². The van der Waals surface area contributed by atoms with E-state index in [0.29, 0.717) is 12.2 Å². The molecule has 0 spiro atoms. The fourth-order valence-electron chi connectivity index (χ4n) is 1.78. The van der Waals surface area contributed by atoms with Crippen molar-refractivity contribution in [3.63, 3.8) is 0 Å². The largest absolute Gasteiger partial charge is 0.372 e. The molecule has 0 heterocycles. The number of nitrogens with zero attached hydrogens (tertiary/aromatic N) is 1. The molecule has 0 atom stereocenters. The first-order valence-corrected chi connectivity index (χ1v) is 5.53. The van der Waals surface area contributed by atoms with E-state index in [1.807, 2.05) is 18.0 Å². The summed E-state index contributed by atoms with van der Waals surface area (Å²) in [6, 6.07) is 5.18. The van der Waals surface area contributed by atoms with Gasteiger partial charge in [-0.1, -0.05) is 26.8 Å². The van der Waals surface area contributed by atoms with Crippen molar-refractivity contribution < 1.29 is 4.39 Å². The van der Waals surface area contributed by atoms with Gasteiger partial charge in [-0.15, -0.1) is 0 Å². The molecule has 0 aromatic heterocycles. The summed E-state index contributed by atoms with van der Waals surface area (Å²) in [6.45, 7) is 7.59. The Bertz CT molecular complexity index is 355. The van der Waals surface area contributed by atoms with Gasteiger partial charge in [0, 0.05) is 20.1 Å². The molecule has 0 fully saturated rings. The van der Waals surface area contributed by atoms with Crippen LogP contribution in [0.3, 0.4) is 0 Å². The van der Waals surface area contributed by atoms with Gasteiger partial charge < -0.3 is 10.6 Å². The SMILES string of the molecule is CN(CC(C)(C)C)c1ccc(CN)cc1F. The topological polar surface area (TPSA) is 29.3 Å². The molecular formula is C13H21FN2. The Hall–Kier alpha value is -1.09. The number of anilines is 1. The first-order valence-electron chi connectivity index (χ1n) is 5.53. The molecule has 1 aromatic carbocycles. The maximum absolute atomic E-state index is 13.8. The zero-order valence-electron chi connectivity index (χ0n) is 10.5. The molecule has 0 bridgehead atoms. The second-order valence-electron chi connectivity index (χ2n) is 5.41. The van der Waals surface area contributed by atoms with Gasteiger partial charge in [0.05, 0.1) is 5.69 Å². The van der Waals surface area contributed by atoms with Crippen molar-refractivity contribution in [2.24, 2.45) is 11.1 Å². The molecule has 1 aromatic rings. The van der Waals surface area contributed by atoms with Crippen molar-refractivity contribution in [3.8, 4) is 0 Å². The van der Waals surface area contributed by atoms with E-state index in [1.165, 1.54) is 6.07 Å². The van der Waals surface area contributed by atoms with Crippen LogP contribution in [0.2, 0.25) is 0 Å². The smallest absolute Gasteiger partial charge is 0.146 e. The first kappa shape index (κ1) is 13.0. The minimum atomic E-state index is -0.199. The average molecular weight is 224 g/mol. The van der Waals surface area contributed by atoms with Crippen LogP contribution in [-0.4, -0.2) is 13.6 Å².